The van der Waals surface area contributed by atoms with Crippen molar-refractivity contribution >= 4 is 35.0 Å². The van der Waals surface area contributed by atoms with Crippen LogP contribution in [0.15, 0.2) is 6.33 Å². The van der Waals surface area contributed by atoms with Crippen LogP contribution in [0.4, 0.5) is 0 Å². The van der Waals surface area contributed by atoms with Gasteiger partial charge in [0.15, 0.2) is 6.10 Å². The van der Waals surface area contributed by atoms with Crippen LogP contribution < -0.4 is 5.73 Å². The Kier molecular flexibility index (Phi) is 4.03. The highest BCUT2D eigenvalue weighted by molar-refractivity contribution is 6.37. The molecule has 1 unspecified atom stereocenters. The molecular weight excluding hydrogens is 255 g/mol. The maximum Gasteiger partial charge on any atom is 0.345 e. The van der Waals surface area contributed by atoms with Gasteiger partial charge in [-0.3, -0.25) is 5.41 Å². The van der Waals surface area contributed by atoms with Crippen molar-refractivity contribution in [2.75, 3.05) is 0 Å². The lowest BCUT2D eigenvalue weighted by atomic mass is 10.3. The van der Waals surface area contributed by atoms with Gasteiger partial charge in [0.25, 0.3) is 0 Å². The number of esters is 1. The number of amidine groups is 1. The zero-order valence-electron chi connectivity index (χ0n) is 8.20. The molecule has 1 aromatic heterocycles. The third-order valence-corrected chi connectivity index (χ3v) is 2.25. The van der Waals surface area contributed by atoms with E-state index in [2.05, 4.69) is 9.97 Å². The molecule has 3 N–H and O–H groups in total. The summed E-state index contributed by atoms with van der Waals surface area (Å²) >= 11 is 11.3. The molecule has 1 rings (SSSR count). The highest BCUT2D eigenvalue weighted by Gasteiger charge is 2.21. The lowest BCUT2D eigenvalue weighted by Crippen LogP contribution is -2.30. The second-order valence-corrected chi connectivity index (χ2v) is 3.55. The topological polar surface area (TPSA) is 102 Å². The Balaban J connectivity index is 2.93. The second-order valence-electron chi connectivity index (χ2n) is 2.83. The minimum atomic E-state index is -0.861. The first-order chi connectivity index (χ1) is 7.43. The number of carbonyl (C=O) groups excluding carboxylic acids is 1. The molecule has 1 aromatic rings. The Morgan fingerprint density at radius 2 is 2.00 bits per heavy atom. The molecule has 1 atom stereocenters. The van der Waals surface area contributed by atoms with E-state index in [-0.39, 0.29) is 21.7 Å². The average Bonchev–Trinajstić information content (AvgIpc) is 2.16. The Morgan fingerprint density at radius 1 is 1.50 bits per heavy atom. The third-order valence-electron chi connectivity index (χ3n) is 1.68. The lowest BCUT2D eigenvalue weighted by molar-refractivity contribution is 0.0448. The van der Waals surface area contributed by atoms with E-state index in [1.54, 1.807) is 0 Å². The number of hydrogen-bond acceptors (Lipinski definition) is 5. The summed E-state index contributed by atoms with van der Waals surface area (Å²) < 4.78 is 4.82. The zero-order valence-corrected chi connectivity index (χ0v) is 9.71. The first-order valence-electron chi connectivity index (χ1n) is 4.14. The van der Waals surface area contributed by atoms with E-state index in [9.17, 15) is 4.79 Å². The van der Waals surface area contributed by atoms with Crippen LogP contribution in [0.3, 0.4) is 0 Å². The fourth-order valence-corrected chi connectivity index (χ4v) is 1.26. The molecule has 86 valence electrons. The minimum Gasteiger partial charge on any atom is -0.451 e. The van der Waals surface area contributed by atoms with Crippen LogP contribution in [0.5, 0.6) is 0 Å². The van der Waals surface area contributed by atoms with Gasteiger partial charge in [0.1, 0.15) is 28.0 Å². The molecule has 0 aliphatic rings. The van der Waals surface area contributed by atoms with Gasteiger partial charge < -0.3 is 10.5 Å². The normalized spacial score (nSPS) is 11.9. The summed E-state index contributed by atoms with van der Waals surface area (Å²) in [4.78, 5) is 18.8. The molecule has 0 fully saturated rings. The largest absolute Gasteiger partial charge is 0.451 e. The summed E-state index contributed by atoms with van der Waals surface area (Å²) in [7, 11) is 0. The highest BCUT2D eigenvalue weighted by atomic mass is 35.5. The Morgan fingerprint density at radius 3 is 2.44 bits per heavy atom. The van der Waals surface area contributed by atoms with Gasteiger partial charge in [0.05, 0.1) is 0 Å². The van der Waals surface area contributed by atoms with Gasteiger partial charge in [-0.1, -0.05) is 23.2 Å². The maximum absolute atomic E-state index is 11.6. The summed E-state index contributed by atoms with van der Waals surface area (Å²) in [5.41, 5.74) is 5.01. The molecule has 16 heavy (non-hydrogen) atoms. The number of carbonyl (C=O) groups is 1. The van der Waals surface area contributed by atoms with Crippen molar-refractivity contribution in [3.8, 4) is 0 Å². The molecule has 0 radical (unpaired) electrons. The smallest absolute Gasteiger partial charge is 0.345 e. The molecule has 0 aliphatic carbocycles. The van der Waals surface area contributed by atoms with Crippen molar-refractivity contribution in [2.24, 2.45) is 5.73 Å². The van der Waals surface area contributed by atoms with Crippen molar-refractivity contribution in [3.05, 3.63) is 22.2 Å². The van der Waals surface area contributed by atoms with Crippen molar-refractivity contribution < 1.29 is 9.53 Å². The number of rotatable bonds is 3. The van der Waals surface area contributed by atoms with Crippen LogP contribution >= 0.6 is 23.2 Å². The SMILES string of the molecule is CC(OC(=O)c1c(Cl)ncnc1Cl)C(=N)N. The van der Waals surface area contributed by atoms with E-state index in [1.807, 2.05) is 0 Å². The van der Waals surface area contributed by atoms with Crippen molar-refractivity contribution in [2.45, 2.75) is 13.0 Å². The van der Waals surface area contributed by atoms with Crippen molar-refractivity contribution in [1.82, 2.24) is 9.97 Å². The van der Waals surface area contributed by atoms with Crippen molar-refractivity contribution in [3.63, 3.8) is 0 Å². The number of nitrogens with one attached hydrogen (secondary N) is 1. The number of aromatic nitrogens is 2. The molecule has 1 heterocycles. The quantitative estimate of drug-likeness (QED) is 0.370. The summed E-state index contributed by atoms with van der Waals surface area (Å²) in [6, 6.07) is 0. The fraction of sp³-hybridized carbons (Fsp3) is 0.250. The Bertz CT molecular complexity index is 418. The first-order valence-corrected chi connectivity index (χ1v) is 4.90. The van der Waals surface area contributed by atoms with E-state index < -0.39 is 12.1 Å². The van der Waals surface area contributed by atoms with E-state index in [4.69, 9.17) is 39.1 Å². The maximum atomic E-state index is 11.6. The third kappa shape index (κ3) is 2.80. The van der Waals surface area contributed by atoms with Crippen LogP contribution in [0.1, 0.15) is 17.3 Å². The molecular formula is C8H8Cl2N4O2. The van der Waals surface area contributed by atoms with Crippen LogP contribution in [0.2, 0.25) is 10.3 Å². The summed E-state index contributed by atoms with van der Waals surface area (Å²) in [5, 5.41) is 6.85. The molecule has 0 bridgehead atoms. The Hall–Kier alpha value is -1.40. The monoisotopic (exact) mass is 262 g/mol. The van der Waals surface area contributed by atoms with E-state index >= 15 is 0 Å². The number of nitrogens with two attached hydrogens (primary N) is 1. The summed E-state index contributed by atoms with van der Waals surface area (Å²) in [5.74, 6) is -1.10. The molecule has 0 aliphatic heterocycles. The number of nitrogens with zero attached hydrogens (tertiary/aromatic N) is 2. The van der Waals surface area contributed by atoms with Gasteiger partial charge in [0.2, 0.25) is 0 Å². The number of ether oxygens (including phenoxy) is 1. The van der Waals surface area contributed by atoms with Gasteiger partial charge in [-0.25, -0.2) is 14.8 Å². The minimum absolute atomic E-state index is 0.110. The molecule has 0 saturated heterocycles. The molecule has 0 spiro atoms. The number of halogens is 2. The van der Waals surface area contributed by atoms with Crippen LogP contribution in [0, 0.1) is 5.41 Å². The van der Waals surface area contributed by atoms with E-state index in [1.165, 1.54) is 6.92 Å². The van der Waals surface area contributed by atoms with Gasteiger partial charge in [0, 0.05) is 0 Å². The first kappa shape index (κ1) is 12.7. The van der Waals surface area contributed by atoms with E-state index in [0.717, 1.165) is 6.33 Å². The lowest BCUT2D eigenvalue weighted by Gasteiger charge is -2.11. The standard InChI is InChI=1S/C8H8Cl2N4O2/c1-3(7(11)12)16-8(15)4-5(9)13-2-14-6(4)10/h2-3H,1H3,(H3,11,12). The molecule has 0 amide bonds. The van der Waals surface area contributed by atoms with Gasteiger partial charge >= 0.3 is 5.97 Å². The average molecular weight is 263 g/mol. The van der Waals surface area contributed by atoms with Crippen LogP contribution in [0.25, 0.3) is 0 Å². The van der Waals surface area contributed by atoms with E-state index in [0.29, 0.717) is 0 Å². The summed E-state index contributed by atoms with van der Waals surface area (Å²) in [6.07, 6.45) is 0.260. The highest BCUT2D eigenvalue weighted by Crippen LogP contribution is 2.20. The predicted octanol–water partition coefficient (Wildman–Crippen LogP) is 1.26. The molecule has 8 heteroatoms. The van der Waals surface area contributed by atoms with Gasteiger partial charge in [-0.05, 0) is 6.92 Å². The van der Waals surface area contributed by atoms with Gasteiger partial charge in [-0.2, -0.15) is 0 Å². The Labute approximate surface area is 101 Å². The zero-order chi connectivity index (χ0) is 12.3. The summed E-state index contributed by atoms with van der Waals surface area (Å²) in [6.45, 7) is 1.45. The van der Waals surface area contributed by atoms with Gasteiger partial charge in [-0.15, -0.1) is 0 Å². The van der Waals surface area contributed by atoms with Crippen LogP contribution in [-0.2, 0) is 4.74 Å². The second kappa shape index (κ2) is 5.09. The molecule has 0 aromatic carbocycles. The van der Waals surface area contributed by atoms with Crippen LogP contribution in [-0.4, -0.2) is 27.9 Å². The fourth-order valence-electron chi connectivity index (χ4n) is 0.796. The molecule has 6 nitrogen and oxygen atoms in total. The molecule has 0 saturated carbocycles. The number of hydrogen-bond donors (Lipinski definition) is 2. The van der Waals surface area contributed by atoms with Crippen molar-refractivity contribution in [1.29, 1.82) is 5.41 Å². The predicted molar refractivity (Wildman–Crippen MR) is 58.8 cm³/mol.